The Balaban J connectivity index is 2.60. The van der Waals surface area contributed by atoms with Crippen LogP contribution in [-0.4, -0.2) is 17.4 Å². The van der Waals surface area contributed by atoms with Crippen LogP contribution in [0.3, 0.4) is 0 Å². The van der Waals surface area contributed by atoms with E-state index in [9.17, 15) is 9.59 Å². The summed E-state index contributed by atoms with van der Waals surface area (Å²) in [5, 5.41) is 5.76. The normalized spacial score (nSPS) is 11.3. The summed E-state index contributed by atoms with van der Waals surface area (Å²) in [5.41, 5.74) is 1.35. The zero-order valence-corrected chi connectivity index (χ0v) is 12.9. The lowest BCUT2D eigenvalue weighted by molar-refractivity contribution is -0.124. The molecule has 4 nitrogen and oxygen atoms in total. The molecule has 0 aromatic heterocycles. The number of carbonyl (C=O) groups is 2. The van der Waals surface area contributed by atoms with Gasteiger partial charge in [0, 0.05) is 23.6 Å². The van der Waals surface area contributed by atoms with E-state index in [0.29, 0.717) is 12.1 Å². The first-order valence-corrected chi connectivity index (χ1v) is 6.88. The minimum atomic E-state index is -0.249. The lowest BCUT2D eigenvalue weighted by Gasteiger charge is -2.20. The number of benzene rings is 1. The number of carbonyl (C=O) groups excluding carboxylic acids is 2. The van der Waals surface area contributed by atoms with Gasteiger partial charge in [-0.25, -0.2) is 0 Å². The van der Waals surface area contributed by atoms with Crippen LogP contribution in [0.25, 0.3) is 0 Å². The molecular weight excluding hydrogens is 252 g/mol. The highest BCUT2D eigenvalue weighted by molar-refractivity contribution is 5.94. The van der Waals surface area contributed by atoms with Crippen molar-refractivity contribution in [2.45, 2.75) is 46.7 Å². The molecule has 0 spiro atoms. The summed E-state index contributed by atoms with van der Waals surface area (Å²) in [5.74, 6) is -0.0818. The maximum atomic E-state index is 11.9. The first-order chi connectivity index (χ1) is 9.19. The van der Waals surface area contributed by atoms with Crippen molar-refractivity contribution in [2.24, 2.45) is 5.92 Å². The van der Waals surface area contributed by atoms with Crippen LogP contribution in [0.5, 0.6) is 0 Å². The second kappa shape index (κ2) is 6.55. The zero-order chi connectivity index (χ0) is 15.3. The van der Waals surface area contributed by atoms with Gasteiger partial charge >= 0.3 is 0 Å². The molecule has 0 aliphatic heterocycles. The third kappa shape index (κ3) is 5.43. The van der Waals surface area contributed by atoms with Crippen molar-refractivity contribution in [3.8, 4) is 0 Å². The predicted octanol–water partition coefficient (Wildman–Crippen LogP) is 2.49. The maximum absolute atomic E-state index is 11.9. The fraction of sp³-hybridized carbons (Fsp3) is 0.500. The second-order valence-electron chi connectivity index (χ2n) is 6.27. The van der Waals surface area contributed by atoms with Crippen LogP contribution in [-0.2, 0) is 11.3 Å². The van der Waals surface area contributed by atoms with Gasteiger partial charge in [-0.2, -0.15) is 0 Å². The molecule has 0 fully saturated rings. The summed E-state index contributed by atoms with van der Waals surface area (Å²) in [6, 6.07) is 7.27. The fourth-order valence-corrected chi connectivity index (χ4v) is 1.58. The number of nitrogens with one attached hydrogen (secondary N) is 2. The van der Waals surface area contributed by atoms with Gasteiger partial charge in [-0.15, -0.1) is 0 Å². The molecule has 20 heavy (non-hydrogen) atoms. The van der Waals surface area contributed by atoms with Gasteiger partial charge in [0.05, 0.1) is 0 Å². The van der Waals surface area contributed by atoms with Crippen molar-refractivity contribution in [1.82, 2.24) is 10.6 Å². The van der Waals surface area contributed by atoms with Gasteiger partial charge < -0.3 is 10.6 Å². The number of amides is 2. The summed E-state index contributed by atoms with van der Waals surface area (Å²) in [7, 11) is 0. The Kier molecular flexibility index (Phi) is 5.31. The minimum absolute atomic E-state index is 0.0214. The van der Waals surface area contributed by atoms with Crippen molar-refractivity contribution in [3.63, 3.8) is 0 Å². The second-order valence-corrected chi connectivity index (χ2v) is 6.27. The van der Waals surface area contributed by atoms with Crippen molar-refractivity contribution >= 4 is 11.8 Å². The largest absolute Gasteiger partial charge is 0.352 e. The Hall–Kier alpha value is -1.84. The smallest absolute Gasteiger partial charge is 0.251 e. The first-order valence-electron chi connectivity index (χ1n) is 6.88. The number of rotatable bonds is 4. The Morgan fingerprint density at radius 1 is 1.10 bits per heavy atom. The molecule has 0 aliphatic rings. The molecule has 0 heterocycles. The van der Waals surface area contributed by atoms with Gasteiger partial charge in [0.15, 0.2) is 0 Å². The molecule has 2 N–H and O–H groups in total. The maximum Gasteiger partial charge on any atom is 0.251 e. The van der Waals surface area contributed by atoms with Crippen molar-refractivity contribution in [1.29, 1.82) is 0 Å². The standard InChI is InChI=1S/C16H24N2O2/c1-11(2)14(19)17-10-12-6-8-13(9-7-12)15(20)18-16(3,4)5/h6-9,11H,10H2,1-5H3,(H,17,19)(H,18,20). The first kappa shape index (κ1) is 16.2. The topological polar surface area (TPSA) is 58.2 Å². The zero-order valence-electron chi connectivity index (χ0n) is 12.9. The Labute approximate surface area is 121 Å². The molecule has 1 rings (SSSR count). The van der Waals surface area contributed by atoms with Gasteiger partial charge in [0.25, 0.3) is 5.91 Å². The van der Waals surface area contributed by atoms with E-state index in [1.165, 1.54) is 0 Å². The van der Waals surface area contributed by atoms with E-state index in [1.54, 1.807) is 12.1 Å². The van der Waals surface area contributed by atoms with Crippen molar-refractivity contribution in [3.05, 3.63) is 35.4 Å². The van der Waals surface area contributed by atoms with E-state index in [1.807, 2.05) is 46.8 Å². The summed E-state index contributed by atoms with van der Waals surface area (Å²) < 4.78 is 0. The van der Waals surface area contributed by atoms with Gasteiger partial charge in [-0.1, -0.05) is 26.0 Å². The van der Waals surface area contributed by atoms with Crippen molar-refractivity contribution in [2.75, 3.05) is 0 Å². The van der Waals surface area contributed by atoms with Crippen molar-refractivity contribution < 1.29 is 9.59 Å². The Morgan fingerprint density at radius 3 is 2.10 bits per heavy atom. The minimum Gasteiger partial charge on any atom is -0.352 e. The monoisotopic (exact) mass is 276 g/mol. The molecule has 1 aromatic rings. The summed E-state index contributed by atoms with van der Waals surface area (Å²) in [6.07, 6.45) is 0. The van der Waals surface area contributed by atoms with Gasteiger partial charge in [0.2, 0.25) is 5.91 Å². The lowest BCUT2D eigenvalue weighted by Crippen LogP contribution is -2.40. The number of hydrogen-bond acceptors (Lipinski definition) is 2. The molecule has 0 saturated carbocycles. The van der Waals surface area contributed by atoms with Crippen LogP contribution in [0.2, 0.25) is 0 Å². The molecule has 0 saturated heterocycles. The van der Waals surface area contributed by atoms with Crippen LogP contribution in [0.4, 0.5) is 0 Å². The van der Waals surface area contributed by atoms with E-state index in [0.717, 1.165) is 5.56 Å². The summed E-state index contributed by atoms with van der Waals surface area (Å²) in [4.78, 5) is 23.4. The fourth-order valence-electron chi connectivity index (χ4n) is 1.58. The molecule has 0 atom stereocenters. The van der Waals surface area contributed by atoms with E-state index >= 15 is 0 Å². The quantitative estimate of drug-likeness (QED) is 0.887. The van der Waals surface area contributed by atoms with Crippen LogP contribution >= 0.6 is 0 Å². The molecule has 110 valence electrons. The molecule has 4 heteroatoms. The summed E-state index contributed by atoms with van der Waals surface area (Å²) in [6.45, 7) is 10.0. The summed E-state index contributed by atoms with van der Waals surface area (Å²) >= 11 is 0. The van der Waals surface area contributed by atoms with Crippen LogP contribution in [0.15, 0.2) is 24.3 Å². The van der Waals surface area contributed by atoms with Crippen LogP contribution in [0, 0.1) is 5.92 Å². The lowest BCUT2D eigenvalue weighted by atomic mass is 10.1. The molecule has 1 aromatic carbocycles. The highest BCUT2D eigenvalue weighted by Gasteiger charge is 2.15. The Morgan fingerprint density at radius 2 is 1.65 bits per heavy atom. The van der Waals surface area contributed by atoms with E-state index in [-0.39, 0.29) is 23.3 Å². The molecule has 2 amide bonds. The number of hydrogen-bond donors (Lipinski definition) is 2. The van der Waals surface area contributed by atoms with Gasteiger partial charge in [0.1, 0.15) is 0 Å². The Bertz CT molecular complexity index is 470. The van der Waals surface area contributed by atoms with E-state index in [2.05, 4.69) is 10.6 Å². The predicted molar refractivity (Wildman–Crippen MR) is 80.3 cm³/mol. The van der Waals surface area contributed by atoms with Crippen LogP contribution < -0.4 is 10.6 Å². The molecule has 0 radical (unpaired) electrons. The molecule has 0 bridgehead atoms. The average Bonchev–Trinajstić information content (AvgIpc) is 2.34. The highest BCUT2D eigenvalue weighted by atomic mass is 16.2. The molecule has 0 aliphatic carbocycles. The third-order valence-corrected chi connectivity index (χ3v) is 2.70. The van der Waals surface area contributed by atoms with E-state index < -0.39 is 0 Å². The van der Waals surface area contributed by atoms with E-state index in [4.69, 9.17) is 0 Å². The van der Waals surface area contributed by atoms with Gasteiger partial charge in [-0.05, 0) is 38.5 Å². The highest BCUT2D eigenvalue weighted by Crippen LogP contribution is 2.07. The van der Waals surface area contributed by atoms with Crippen LogP contribution in [0.1, 0.15) is 50.5 Å². The SMILES string of the molecule is CC(C)C(=O)NCc1ccc(C(=O)NC(C)(C)C)cc1. The average molecular weight is 276 g/mol. The van der Waals surface area contributed by atoms with Gasteiger partial charge in [-0.3, -0.25) is 9.59 Å². The molecular formula is C16H24N2O2. The third-order valence-electron chi connectivity index (χ3n) is 2.70. The molecule has 0 unspecified atom stereocenters.